The largest absolute Gasteiger partial charge is 0.495 e. The third-order valence-electron chi connectivity index (χ3n) is 5.17. The van der Waals surface area contributed by atoms with Gasteiger partial charge in [-0.2, -0.15) is 0 Å². The number of aromatic amines is 1. The molecule has 5 rings (SSSR count). The summed E-state index contributed by atoms with van der Waals surface area (Å²) in [5.74, 6) is 2.90. The number of hydrogen-bond acceptors (Lipinski definition) is 4. The van der Waals surface area contributed by atoms with Crippen molar-refractivity contribution >= 4 is 22.2 Å². The number of rotatable bonds is 3. The van der Waals surface area contributed by atoms with E-state index in [-0.39, 0.29) is 0 Å². The number of nitrogens with zero attached hydrogens (tertiary/aromatic N) is 3. The van der Waals surface area contributed by atoms with Crippen LogP contribution in [0.4, 0.5) is 5.82 Å². The van der Waals surface area contributed by atoms with E-state index in [4.69, 9.17) is 15.5 Å². The number of para-hydroxylation sites is 1. The number of H-pyrrole nitrogens is 1. The van der Waals surface area contributed by atoms with Crippen molar-refractivity contribution in [2.75, 3.05) is 12.8 Å². The number of anilines is 1. The molecule has 1 fully saturated rings. The number of nitrogen functional groups attached to an aromatic ring is 1. The van der Waals surface area contributed by atoms with Crippen molar-refractivity contribution in [3.05, 3.63) is 42.5 Å². The predicted molar refractivity (Wildman–Crippen MR) is 97.8 cm³/mol. The van der Waals surface area contributed by atoms with Crippen molar-refractivity contribution in [1.82, 2.24) is 19.4 Å². The summed E-state index contributed by atoms with van der Waals surface area (Å²) in [6.07, 6.45) is 7.32. The molecule has 0 unspecified atom stereocenters. The highest BCUT2D eigenvalue weighted by atomic mass is 16.5. The maximum Gasteiger partial charge on any atom is 0.150 e. The summed E-state index contributed by atoms with van der Waals surface area (Å²) in [4.78, 5) is 12.7. The van der Waals surface area contributed by atoms with Gasteiger partial charge in [0.25, 0.3) is 0 Å². The highest BCUT2D eigenvalue weighted by Crippen LogP contribution is 2.39. The van der Waals surface area contributed by atoms with Crippen molar-refractivity contribution in [3.8, 4) is 17.1 Å². The van der Waals surface area contributed by atoms with Crippen LogP contribution in [-0.4, -0.2) is 26.5 Å². The molecular formula is C19H19N5O. The Morgan fingerprint density at radius 1 is 1.32 bits per heavy atom. The molecule has 0 aliphatic heterocycles. The lowest BCUT2D eigenvalue weighted by molar-refractivity contribution is 0.400. The van der Waals surface area contributed by atoms with Gasteiger partial charge < -0.3 is 15.5 Å². The Bertz CT molecular complexity index is 1090. The molecule has 6 nitrogen and oxygen atoms in total. The molecule has 0 saturated heterocycles. The highest BCUT2D eigenvalue weighted by Gasteiger charge is 2.27. The van der Waals surface area contributed by atoms with Crippen LogP contribution in [0.3, 0.4) is 0 Å². The molecule has 1 aliphatic rings. The van der Waals surface area contributed by atoms with E-state index in [1.54, 1.807) is 13.3 Å². The molecule has 3 N–H and O–H groups in total. The van der Waals surface area contributed by atoms with Crippen LogP contribution in [0.15, 0.2) is 36.7 Å². The minimum Gasteiger partial charge on any atom is -0.495 e. The lowest BCUT2D eigenvalue weighted by Crippen LogP contribution is -2.12. The summed E-state index contributed by atoms with van der Waals surface area (Å²) in [5.41, 5.74) is 9.83. The SMILES string of the molecule is COc1cccc2cc(-c3nc(C4CCC4)n4ccnc(N)c34)[nH]c12. The van der Waals surface area contributed by atoms with Gasteiger partial charge in [0.2, 0.25) is 0 Å². The third-order valence-corrected chi connectivity index (χ3v) is 5.17. The number of benzene rings is 1. The van der Waals surface area contributed by atoms with Crippen LogP contribution in [0, 0.1) is 0 Å². The summed E-state index contributed by atoms with van der Waals surface area (Å²) in [5, 5.41) is 1.09. The molecule has 25 heavy (non-hydrogen) atoms. The molecule has 1 aliphatic carbocycles. The van der Waals surface area contributed by atoms with Gasteiger partial charge in [0, 0.05) is 23.7 Å². The van der Waals surface area contributed by atoms with Crippen molar-refractivity contribution in [3.63, 3.8) is 0 Å². The number of nitrogens with two attached hydrogens (primary N) is 1. The Balaban J connectivity index is 1.78. The van der Waals surface area contributed by atoms with Gasteiger partial charge in [-0.05, 0) is 25.0 Å². The molecule has 1 aromatic carbocycles. The number of aromatic nitrogens is 4. The van der Waals surface area contributed by atoms with Gasteiger partial charge in [0.1, 0.15) is 28.6 Å². The first-order valence-corrected chi connectivity index (χ1v) is 8.55. The maximum absolute atomic E-state index is 6.21. The lowest BCUT2D eigenvalue weighted by atomic mass is 9.85. The van der Waals surface area contributed by atoms with Crippen LogP contribution in [0.25, 0.3) is 27.8 Å². The van der Waals surface area contributed by atoms with Crippen LogP contribution in [0.1, 0.15) is 31.0 Å². The zero-order chi connectivity index (χ0) is 17.0. The monoisotopic (exact) mass is 333 g/mol. The van der Waals surface area contributed by atoms with E-state index in [1.165, 1.54) is 19.3 Å². The predicted octanol–water partition coefficient (Wildman–Crippen LogP) is 3.74. The van der Waals surface area contributed by atoms with E-state index in [2.05, 4.69) is 26.5 Å². The van der Waals surface area contributed by atoms with E-state index < -0.39 is 0 Å². The van der Waals surface area contributed by atoms with E-state index >= 15 is 0 Å². The molecule has 0 radical (unpaired) electrons. The van der Waals surface area contributed by atoms with E-state index in [1.807, 2.05) is 18.3 Å². The second kappa shape index (κ2) is 5.24. The first kappa shape index (κ1) is 14.3. The number of hydrogen-bond donors (Lipinski definition) is 2. The maximum atomic E-state index is 6.21. The minimum atomic E-state index is 0.501. The normalized spacial score (nSPS) is 14.9. The first-order valence-electron chi connectivity index (χ1n) is 8.55. The molecule has 1 saturated carbocycles. The standard InChI is InChI=1S/C19H19N5O/c1-25-14-7-3-6-12-10-13(22-15(12)14)16-17-18(20)21-8-9-24(17)19(23-16)11-4-2-5-11/h3,6-11,22H,2,4-5H2,1H3,(H2,20,21). The smallest absolute Gasteiger partial charge is 0.150 e. The molecule has 3 heterocycles. The van der Waals surface area contributed by atoms with Gasteiger partial charge in [-0.3, -0.25) is 4.40 Å². The van der Waals surface area contributed by atoms with E-state index in [0.717, 1.165) is 39.4 Å². The van der Waals surface area contributed by atoms with Gasteiger partial charge in [0.15, 0.2) is 0 Å². The zero-order valence-electron chi connectivity index (χ0n) is 14.0. The van der Waals surface area contributed by atoms with Crippen molar-refractivity contribution in [2.45, 2.75) is 25.2 Å². The Morgan fingerprint density at radius 3 is 2.96 bits per heavy atom. The van der Waals surface area contributed by atoms with Crippen LogP contribution in [0.5, 0.6) is 5.75 Å². The lowest BCUT2D eigenvalue weighted by Gasteiger charge is -2.23. The average molecular weight is 333 g/mol. The number of fused-ring (bicyclic) bond motifs is 2. The number of imidazole rings is 1. The summed E-state index contributed by atoms with van der Waals surface area (Å²) in [6, 6.07) is 8.09. The fourth-order valence-corrected chi connectivity index (χ4v) is 3.66. The molecule has 0 amide bonds. The summed E-state index contributed by atoms with van der Waals surface area (Å²) in [7, 11) is 1.68. The molecule has 0 bridgehead atoms. The van der Waals surface area contributed by atoms with Gasteiger partial charge in [-0.25, -0.2) is 9.97 Å². The van der Waals surface area contributed by atoms with Gasteiger partial charge in [-0.15, -0.1) is 0 Å². The van der Waals surface area contributed by atoms with Crippen molar-refractivity contribution in [1.29, 1.82) is 0 Å². The molecule has 3 aromatic heterocycles. The Hall–Kier alpha value is -3.02. The van der Waals surface area contributed by atoms with Crippen LogP contribution in [0.2, 0.25) is 0 Å². The van der Waals surface area contributed by atoms with Crippen molar-refractivity contribution in [2.24, 2.45) is 0 Å². The summed E-state index contributed by atoms with van der Waals surface area (Å²) in [6.45, 7) is 0. The van der Waals surface area contributed by atoms with Gasteiger partial charge in [-0.1, -0.05) is 18.6 Å². The Kier molecular flexibility index (Phi) is 3.00. The van der Waals surface area contributed by atoms with Crippen LogP contribution >= 0.6 is 0 Å². The summed E-state index contributed by atoms with van der Waals surface area (Å²) >= 11 is 0. The topological polar surface area (TPSA) is 81.2 Å². The summed E-state index contributed by atoms with van der Waals surface area (Å²) < 4.78 is 7.57. The fraction of sp³-hybridized carbons (Fsp3) is 0.263. The van der Waals surface area contributed by atoms with Gasteiger partial charge in [0.05, 0.1) is 18.3 Å². The van der Waals surface area contributed by atoms with Crippen LogP contribution in [-0.2, 0) is 0 Å². The first-order chi connectivity index (χ1) is 12.3. The highest BCUT2D eigenvalue weighted by molar-refractivity contribution is 5.93. The number of ether oxygens (including phenoxy) is 1. The average Bonchev–Trinajstić information content (AvgIpc) is 3.16. The fourth-order valence-electron chi connectivity index (χ4n) is 3.66. The van der Waals surface area contributed by atoms with E-state index in [0.29, 0.717) is 11.7 Å². The number of nitrogens with one attached hydrogen (secondary N) is 1. The second-order valence-electron chi connectivity index (χ2n) is 6.59. The molecule has 0 atom stereocenters. The quantitative estimate of drug-likeness (QED) is 0.598. The van der Waals surface area contributed by atoms with E-state index in [9.17, 15) is 0 Å². The van der Waals surface area contributed by atoms with Gasteiger partial charge >= 0.3 is 0 Å². The van der Waals surface area contributed by atoms with Crippen molar-refractivity contribution < 1.29 is 4.74 Å². The Labute approximate surface area is 144 Å². The molecule has 4 aromatic rings. The molecular weight excluding hydrogens is 314 g/mol. The molecule has 0 spiro atoms. The molecule has 6 heteroatoms. The number of methoxy groups -OCH3 is 1. The third kappa shape index (κ3) is 2.03. The minimum absolute atomic E-state index is 0.501. The second-order valence-corrected chi connectivity index (χ2v) is 6.59. The molecule has 126 valence electrons. The van der Waals surface area contributed by atoms with Crippen LogP contribution < -0.4 is 10.5 Å². The Morgan fingerprint density at radius 2 is 2.20 bits per heavy atom. The zero-order valence-corrected chi connectivity index (χ0v) is 14.0.